The van der Waals surface area contributed by atoms with Gasteiger partial charge in [-0.05, 0) is 31.0 Å². The number of anilines is 1. The summed E-state index contributed by atoms with van der Waals surface area (Å²) in [5.74, 6) is -0.769. The van der Waals surface area contributed by atoms with Crippen molar-refractivity contribution in [2.24, 2.45) is 0 Å². The summed E-state index contributed by atoms with van der Waals surface area (Å²) in [6, 6.07) is 3.97. The highest BCUT2D eigenvalue weighted by molar-refractivity contribution is 5.95. The lowest BCUT2D eigenvalue weighted by Gasteiger charge is -2.14. The topological polar surface area (TPSA) is 55.1 Å². The molecule has 0 fully saturated rings. The van der Waals surface area contributed by atoms with Crippen molar-refractivity contribution >= 4 is 11.6 Å². The smallest absolute Gasteiger partial charge is 0.251 e. The predicted octanol–water partition coefficient (Wildman–Crippen LogP) is 2.33. The highest BCUT2D eigenvalue weighted by atomic mass is 19.1. The van der Waals surface area contributed by atoms with Crippen molar-refractivity contribution in [2.45, 2.75) is 32.7 Å². The van der Waals surface area contributed by atoms with Crippen LogP contribution in [0.5, 0.6) is 0 Å². The van der Waals surface area contributed by atoms with Crippen molar-refractivity contribution in [3.63, 3.8) is 0 Å². The molecule has 3 N–H and O–H groups in total. The molecule has 0 aromatic heterocycles. The van der Waals surface area contributed by atoms with Crippen LogP contribution in [0.15, 0.2) is 18.2 Å². The van der Waals surface area contributed by atoms with Crippen molar-refractivity contribution in [3.05, 3.63) is 29.6 Å². The van der Waals surface area contributed by atoms with Crippen LogP contribution < -0.4 is 11.1 Å². The Balaban J connectivity index is 2.80. The molecular formula is C12H17FN2O. The SMILES string of the molecule is CCC(CC)NC(=O)c1cc(N)cc(F)c1. The third-order valence-corrected chi connectivity index (χ3v) is 2.50. The summed E-state index contributed by atoms with van der Waals surface area (Å²) in [6.45, 7) is 3.99. The van der Waals surface area contributed by atoms with E-state index in [2.05, 4.69) is 5.32 Å². The Morgan fingerprint density at radius 1 is 1.38 bits per heavy atom. The van der Waals surface area contributed by atoms with E-state index in [1.54, 1.807) is 0 Å². The molecule has 88 valence electrons. The molecule has 0 aliphatic heterocycles. The first-order chi connectivity index (χ1) is 7.56. The van der Waals surface area contributed by atoms with E-state index in [9.17, 15) is 9.18 Å². The van der Waals surface area contributed by atoms with Crippen LogP contribution in [0.2, 0.25) is 0 Å². The maximum atomic E-state index is 13.0. The summed E-state index contributed by atoms with van der Waals surface area (Å²) in [5, 5.41) is 2.83. The second-order valence-corrected chi connectivity index (χ2v) is 3.76. The molecule has 0 spiro atoms. The zero-order chi connectivity index (χ0) is 12.1. The fourth-order valence-corrected chi connectivity index (χ4v) is 1.50. The van der Waals surface area contributed by atoms with Crippen LogP contribution in [-0.4, -0.2) is 11.9 Å². The Bertz CT molecular complexity index is 355. The van der Waals surface area contributed by atoms with Gasteiger partial charge in [-0.25, -0.2) is 4.39 Å². The van der Waals surface area contributed by atoms with Gasteiger partial charge in [0.15, 0.2) is 0 Å². The summed E-state index contributed by atoms with van der Waals surface area (Å²) in [5.41, 5.74) is 6.00. The molecule has 1 aromatic carbocycles. The maximum absolute atomic E-state index is 13.0. The molecule has 0 aliphatic carbocycles. The molecule has 0 saturated carbocycles. The minimum atomic E-state index is -0.491. The molecule has 0 saturated heterocycles. The lowest BCUT2D eigenvalue weighted by molar-refractivity contribution is 0.0934. The standard InChI is InChI=1S/C12H17FN2O/c1-3-11(4-2)15-12(16)8-5-9(13)7-10(14)6-8/h5-7,11H,3-4,14H2,1-2H3,(H,15,16). The number of amides is 1. The van der Waals surface area contributed by atoms with Gasteiger partial charge >= 0.3 is 0 Å². The van der Waals surface area contributed by atoms with Crippen LogP contribution in [0.25, 0.3) is 0 Å². The van der Waals surface area contributed by atoms with Gasteiger partial charge in [0, 0.05) is 17.3 Å². The van der Waals surface area contributed by atoms with Crippen LogP contribution in [0.4, 0.5) is 10.1 Å². The monoisotopic (exact) mass is 224 g/mol. The van der Waals surface area contributed by atoms with Crippen molar-refractivity contribution < 1.29 is 9.18 Å². The molecule has 0 bridgehead atoms. The van der Waals surface area contributed by atoms with E-state index in [1.165, 1.54) is 18.2 Å². The zero-order valence-corrected chi connectivity index (χ0v) is 9.59. The number of carbonyl (C=O) groups excluding carboxylic acids is 1. The Hall–Kier alpha value is -1.58. The van der Waals surface area contributed by atoms with E-state index < -0.39 is 5.82 Å². The average molecular weight is 224 g/mol. The van der Waals surface area contributed by atoms with E-state index in [4.69, 9.17) is 5.73 Å². The molecule has 16 heavy (non-hydrogen) atoms. The number of carbonyl (C=O) groups is 1. The number of rotatable bonds is 4. The van der Waals surface area contributed by atoms with Gasteiger partial charge < -0.3 is 11.1 Å². The third-order valence-electron chi connectivity index (χ3n) is 2.50. The molecule has 0 atom stereocenters. The molecule has 3 nitrogen and oxygen atoms in total. The van der Waals surface area contributed by atoms with E-state index in [1.807, 2.05) is 13.8 Å². The molecule has 0 unspecified atom stereocenters. The normalized spacial score (nSPS) is 10.5. The Labute approximate surface area is 94.8 Å². The molecule has 1 amide bonds. The Kier molecular flexibility index (Phi) is 4.28. The van der Waals surface area contributed by atoms with Crippen LogP contribution in [0, 0.1) is 5.82 Å². The number of nitrogen functional groups attached to an aromatic ring is 1. The second-order valence-electron chi connectivity index (χ2n) is 3.76. The zero-order valence-electron chi connectivity index (χ0n) is 9.59. The predicted molar refractivity (Wildman–Crippen MR) is 62.6 cm³/mol. The van der Waals surface area contributed by atoms with Gasteiger partial charge in [0.05, 0.1) is 0 Å². The summed E-state index contributed by atoms with van der Waals surface area (Å²) in [6.07, 6.45) is 1.71. The quantitative estimate of drug-likeness (QED) is 0.771. The average Bonchev–Trinajstić information content (AvgIpc) is 2.24. The summed E-state index contributed by atoms with van der Waals surface area (Å²) in [4.78, 5) is 11.7. The third kappa shape index (κ3) is 3.22. The van der Waals surface area contributed by atoms with E-state index >= 15 is 0 Å². The van der Waals surface area contributed by atoms with E-state index in [-0.39, 0.29) is 23.2 Å². The van der Waals surface area contributed by atoms with Gasteiger partial charge in [0.1, 0.15) is 5.82 Å². The Morgan fingerprint density at radius 2 is 2.00 bits per heavy atom. The first kappa shape index (κ1) is 12.5. The van der Waals surface area contributed by atoms with Crippen molar-refractivity contribution in [1.82, 2.24) is 5.32 Å². The largest absolute Gasteiger partial charge is 0.399 e. The number of halogens is 1. The summed E-state index contributed by atoms with van der Waals surface area (Å²) >= 11 is 0. The lowest BCUT2D eigenvalue weighted by Crippen LogP contribution is -2.33. The molecule has 0 aliphatic rings. The molecule has 0 radical (unpaired) electrons. The van der Waals surface area contributed by atoms with Crippen LogP contribution in [-0.2, 0) is 0 Å². The van der Waals surface area contributed by atoms with Crippen molar-refractivity contribution in [2.75, 3.05) is 5.73 Å². The van der Waals surface area contributed by atoms with Crippen LogP contribution in [0.3, 0.4) is 0 Å². The number of nitrogens with one attached hydrogen (secondary N) is 1. The fourth-order valence-electron chi connectivity index (χ4n) is 1.50. The molecule has 4 heteroatoms. The van der Waals surface area contributed by atoms with Crippen molar-refractivity contribution in [1.29, 1.82) is 0 Å². The minimum Gasteiger partial charge on any atom is -0.399 e. The van der Waals surface area contributed by atoms with Gasteiger partial charge in [-0.3, -0.25) is 4.79 Å². The molecule has 1 aromatic rings. The number of hydrogen-bond acceptors (Lipinski definition) is 2. The van der Waals surface area contributed by atoms with Gasteiger partial charge in [0.2, 0.25) is 0 Å². The lowest BCUT2D eigenvalue weighted by atomic mass is 10.1. The van der Waals surface area contributed by atoms with E-state index in [0.717, 1.165) is 12.8 Å². The number of benzene rings is 1. The van der Waals surface area contributed by atoms with Gasteiger partial charge in [-0.1, -0.05) is 13.8 Å². The van der Waals surface area contributed by atoms with Crippen LogP contribution >= 0.6 is 0 Å². The molecule has 0 heterocycles. The molecule has 1 rings (SSSR count). The van der Waals surface area contributed by atoms with E-state index in [0.29, 0.717) is 0 Å². The van der Waals surface area contributed by atoms with Crippen LogP contribution in [0.1, 0.15) is 37.0 Å². The number of hydrogen-bond donors (Lipinski definition) is 2. The van der Waals surface area contributed by atoms with Gasteiger partial charge in [-0.15, -0.1) is 0 Å². The Morgan fingerprint density at radius 3 is 2.50 bits per heavy atom. The fraction of sp³-hybridized carbons (Fsp3) is 0.417. The number of nitrogens with two attached hydrogens (primary N) is 1. The first-order valence-corrected chi connectivity index (χ1v) is 5.43. The molecular weight excluding hydrogens is 207 g/mol. The minimum absolute atomic E-state index is 0.122. The van der Waals surface area contributed by atoms with Gasteiger partial charge in [-0.2, -0.15) is 0 Å². The first-order valence-electron chi connectivity index (χ1n) is 5.43. The van der Waals surface area contributed by atoms with Gasteiger partial charge in [0.25, 0.3) is 5.91 Å². The summed E-state index contributed by atoms with van der Waals surface area (Å²) < 4.78 is 13.0. The highest BCUT2D eigenvalue weighted by Gasteiger charge is 2.11. The van der Waals surface area contributed by atoms with Crippen molar-refractivity contribution in [3.8, 4) is 0 Å². The second kappa shape index (κ2) is 5.49. The highest BCUT2D eigenvalue weighted by Crippen LogP contribution is 2.11. The maximum Gasteiger partial charge on any atom is 0.251 e. The summed E-state index contributed by atoms with van der Waals surface area (Å²) in [7, 11) is 0.